The summed E-state index contributed by atoms with van der Waals surface area (Å²) in [4.78, 5) is 12.7. The smallest absolute Gasteiger partial charge is 0.229 e. The third-order valence-corrected chi connectivity index (χ3v) is 3.13. The van der Waals surface area contributed by atoms with Gasteiger partial charge in [-0.3, -0.25) is 4.79 Å². The van der Waals surface area contributed by atoms with Crippen molar-refractivity contribution >= 4 is 22.9 Å². The second kappa shape index (κ2) is 7.67. The van der Waals surface area contributed by atoms with E-state index < -0.39 is 0 Å². The molecule has 1 heterocycles. The average Bonchev–Trinajstić information content (AvgIpc) is 2.87. The molecular weight excluding hydrogens is 242 g/mol. The van der Waals surface area contributed by atoms with Crippen molar-refractivity contribution in [1.82, 2.24) is 0 Å². The molecule has 0 aliphatic rings. The lowest BCUT2D eigenvalue weighted by Crippen LogP contribution is -2.13. The molecule has 1 N–H and O–H groups in total. The molecule has 0 bridgehead atoms. The molecule has 0 spiro atoms. The highest BCUT2D eigenvalue weighted by molar-refractivity contribution is 7.10. The van der Waals surface area contributed by atoms with Crippen molar-refractivity contribution in [3.63, 3.8) is 0 Å². The van der Waals surface area contributed by atoms with Crippen molar-refractivity contribution < 1.29 is 4.79 Å². The van der Waals surface area contributed by atoms with Crippen molar-refractivity contribution in [3.8, 4) is 0 Å². The minimum atomic E-state index is 0.0336. The fourth-order valence-corrected chi connectivity index (χ4v) is 2.12. The normalized spacial score (nSPS) is 9.28. The van der Waals surface area contributed by atoms with Gasteiger partial charge >= 0.3 is 0 Å². The largest absolute Gasteiger partial charge is 0.326 e. The second-order valence-electron chi connectivity index (χ2n) is 3.67. The summed E-state index contributed by atoms with van der Waals surface area (Å²) in [6.07, 6.45) is 0.450. The van der Waals surface area contributed by atoms with E-state index in [2.05, 4.69) is 5.32 Å². The molecule has 1 aromatic heterocycles. The fourth-order valence-electron chi connectivity index (χ4n) is 1.41. The summed E-state index contributed by atoms with van der Waals surface area (Å²) in [5.41, 5.74) is 2.04. The van der Waals surface area contributed by atoms with Gasteiger partial charge in [-0.1, -0.05) is 37.6 Å². The van der Waals surface area contributed by atoms with Gasteiger partial charge in [-0.15, -0.1) is 11.3 Å². The van der Waals surface area contributed by atoms with Crippen LogP contribution in [0.1, 0.15) is 24.3 Å². The molecule has 3 heteroatoms. The van der Waals surface area contributed by atoms with Crippen molar-refractivity contribution in [3.05, 3.63) is 52.2 Å². The molecule has 0 aliphatic carbocycles. The monoisotopic (exact) mass is 261 g/mol. The number of anilines is 1. The van der Waals surface area contributed by atoms with Gasteiger partial charge in [0, 0.05) is 10.6 Å². The molecule has 2 nitrogen and oxygen atoms in total. The van der Waals surface area contributed by atoms with Gasteiger partial charge < -0.3 is 5.32 Å². The summed E-state index contributed by atoms with van der Waals surface area (Å²) in [6, 6.07) is 11.7. The number of carbonyl (C=O) groups is 1. The molecule has 0 unspecified atom stereocenters. The number of nitrogens with one attached hydrogen (secondary N) is 1. The van der Waals surface area contributed by atoms with E-state index in [-0.39, 0.29) is 5.91 Å². The minimum absolute atomic E-state index is 0.0336. The molecular formula is C15H19NOS. The molecule has 1 amide bonds. The van der Waals surface area contributed by atoms with Crippen LogP contribution in [0.5, 0.6) is 0 Å². The van der Waals surface area contributed by atoms with E-state index >= 15 is 0 Å². The SMILES string of the molecule is CC.Cc1ccc(NC(=O)Cc2cccs2)cc1. The molecule has 2 rings (SSSR count). The lowest BCUT2D eigenvalue weighted by Gasteiger charge is -2.04. The molecule has 2 aromatic rings. The van der Waals surface area contributed by atoms with Crippen molar-refractivity contribution in [2.45, 2.75) is 27.2 Å². The number of rotatable bonds is 3. The Morgan fingerprint density at radius 3 is 2.39 bits per heavy atom. The van der Waals surface area contributed by atoms with Gasteiger partial charge in [-0.2, -0.15) is 0 Å². The number of thiophene rings is 1. The van der Waals surface area contributed by atoms with Crippen LogP contribution in [0.15, 0.2) is 41.8 Å². The van der Waals surface area contributed by atoms with Gasteiger partial charge in [0.25, 0.3) is 0 Å². The number of benzene rings is 1. The number of hydrogen-bond donors (Lipinski definition) is 1. The topological polar surface area (TPSA) is 29.1 Å². The van der Waals surface area contributed by atoms with E-state index in [0.29, 0.717) is 6.42 Å². The standard InChI is InChI=1S/C13H13NOS.C2H6/c1-10-4-6-11(7-5-10)14-13(15)9-12-3-2-8-16-12;1-2/h2-8H,9H2,1H3,(H,14,15);1-2H3. The summed E-state index contributed by atoms with van der Waals surface area (Å²) < 4.78 is 0. The average molecular weight is 261 g/mol. The zero-order valence-corrected chi connectivity index (χ0v) is 11.9. The Bertz CT molecular complexity index is 460. The van der Waals surface area contributed by atoms with Crippen LogP contribution in [0.3, 0.4) is 0 Å². The quantitative estimate of drug-likeness (QED) is 0.878. The Morgan fingerprint density at radius 1 is 1.17 bits per heavy atom. The molecule has 0 radical (unpaired) electrons. The van der Waals surface area contributed by atoms with Crippen molar-refractivity contribution in [2.75, 3.05) is 5.32 Å². The summed E-state index contributed by atoms with van der Waals surface area (Å²) >= 11 is 1.60. The number of amides is 1. The zero-order valence-electron chi connectivity index (χ0n) is 11.1. The van der Waals surface area contributed by atoms with Crippen LogP contribution in [0, 0.1) is 6.92 Å². The van der Waals surface area contributed by atoms with Crippen LogP contribution >= 0.6 is 11.3 Å². The van der Waals surface area contributed by atoms with Gasteiger partial charge in [-0.25, -0.2) is 0 Å². The minimum Gasteiger partial charge on any atom is -0.326 e. The van der Waals surface area contributed by atoms with Gasteiger partial charge in [-0.05, 0) is 30.5 Å². The van der Waals surface area contributed by atoms with Crippen LogP contribution in [0.25, 0.3) is 0 Å². The Morgan fingerprint density at radius 2 is 1.83 bits per heavy atom. The highest BCUT2D eigenvalue weighted by Gasteiger charge is 2.04. The van der Waals surface area contributed by atoms with E-state index in [0.717, 1.165) is 10.6 Å². The highest BCUT2D eigenvalue weighted by atomic mass is 32.1. The number of carbonyl (C=O) groups excluding carboxylic acids is 1. The van der Waals surface area contributed by atoms with Crippen LogP contribution in [-0.4, -0.2) is 5.91 Å². The fraction of sp³-hybridized carbons (Fsp3) is 0.267. The molecule has 18 heavy (non-hydrogen) atoms. The first-order chi connectivity index (χ1) is 8.74. The first kappa shape index (κ1) is 14.5. The second-order valence-corrected chi connectivity index (χ2v) is 4.70. The van der Waals surface area contributed by atoms with Gasteiger partial charge in [0.1, 0.15) is 0 Å². The Kier molecular flexibility index (Phi) is 6.15. The van der Waals surface area contributed by atoms with E-state index in [1.54, 1.807) is 11.3 Å². The summed E-state index contributed by atoms with van der Waals surface area (Å²) in [7, 11) is 0. The molecule has 1 aromatic carbocycles. The number of aryl methyl sites for hydroxylation is 1. The molecule has 0 saturated carbocycles. The molecule has 0 saturated heterocycles. The maximum atomic E-state index is 11.7. The van der Waals surface area contributed by atoms with Crippen molar-refractivity contribution in [2.24, 2.45) is 0 Å². The van der Waals surface area contributed by atoms with Gasteiger partial charge in [0.15, 0.2) is 0 Å². The molecule has 0 aliphatic heterocycles. The third kappa shape index (κ3) is 4.72. The zero-order chi connectivity index (χ0) is 13.4. The predicted molar refractivity (Wildman–Crippen MR) is 79.2 cm³/mol. The molecule has 0 fully saturated rings. The summed E-state index contributed by atoms with van der Waals surface area (Å²) in [5, 5.41) is 4.86. The third-order valence-electron chi connectivity index (χ3n) is 2.25. The van der Waals surface area contributed by atoms with Crippen molar-refractivity contribution in [1.29, 1.82) is 0 Å². The van der Waals surface area contributed by atoms with E-state index in [1.807, 2.05) is 62.5 Å². The first-order valence-electron chi connectivity index (χ1n) is 6.13. The van der Waals surface area contributed by atoms with Gasteiger partial charge in [0.05, 0.1) is 6.42 Å². The van der Waals surface area contributed by atoms with E-state index in [1.165, 1.54) is 5.56 Å². The van der Waals surface area contributed by atoms with Crippen LogP contribution in [-0.2, 0) is 11.2 Å². The lowest BCUT2D eigenvalue weighted by molar-refractivity contribution is -0.115. The Balaban J connectivity index is 0.000000771. The molecule has 0 atom stereocenters. The first-order valence-corrected chi connectivity index (χ1v) is 7.01. The number of hydrogen-bond acceptors (Lipinski definition) is 2. The van der Waals surface area contributed by atoms with E-state index in [9.17, 15) is 4.79 Å². The van der Waals surface area contributed by atoms with Crippen LogP contribution in [0.4, 0.5) is 5.69 Å². The molecule has 96 valence electrons. The maximum absolute atomic E-state index is 11.7. The lowest BCUT2D eigenvalue weighted by atomic mass is 10.2. The Hall–Kier alpha value is -1.61. The summed E-state index contributed by atoms with van der Waals surface area (Å²) in [6.45, 7) is 6.03. The van der Waals surface area contributed by atoms with Crippen LogP contribution < -0.4 is 5.32 Å². The van der Waals surface area contributed by atoms with Gasteiger partial charge in [0.2, 0.25) is 5.91 Å². The highest BCUT2D eigenvalue weighted by Crippen LogP contribution is 2.12. The maximum Gasteiger partial charge on any atom is 0.229 e. The predicted octanol–water partition coefficient (Wildman–Crippen LogP) is 4.26. The van der Waals surface area contributed by atoms with E-state index in [4.69, 9.17) is 0 Å². The summed E-state index contributed by atoms with van der Waals surface area (Å²) in [5.74, 6) is 0.0336. The Labute approximate surface area is 113 Å². The van der Waals surface area contributed by atoms with Crippen LogP contribution in [0.2, 0.25) is 0 Å².